The van der Waals surface area contributed by atoms with E-state index in [-0.39, 0.29) is 5.92 Å². The van der Waals surface area contributed by atoms with Gasteiger partial charge < -0.3 is 10.4 Å². The number of nitriles is 1. The Hall–Kier alpha value is -1.08. The third-order valence-electron chi connectivity index (χ3n) is 3.27. The van der Waals surface area contributed by atoms with Crippen molar-refractivity contribution in [2.75, 3.05) is 13.1 Å². The first kappa shape index (κ1) is 13.0. The van der Waals surface area contributed by atoms with Gasteiger partial charge in [-0.1, -0.05) is 0 Å². The van der Waals surface area contributed by atoms with Crippen molar-refractivity contribution in [3.05, 3.63) is 0 Å². The Morgan fingerprint density at radius 1 is 1.38 bits per heavy atom. The van der Waals surface area contributed by atoms with Crippen LogP contribution < -0.4 is 5.32 Å². The second-order valence-electron chi connectivity index (χ2n) is 4.52. The van der Waals surface area contributed by atoms with Crippen molar-refractivity contribution in [2.45, 2.75) is 38.5 Å². The number of nitrogens with zero attached hydrogens (tertiary/aromatic N) is 1. The van der Waals surface area contributed by atoms with E-state index in [1.54, 1.807) is 0 Å². The van der Waals surface area contributed by atoms with E-state index in [2.05, 4.69) is 11.4 Å². The van der Waals surface area contributed by atoms with Crippen molar-refractivity contribution < 1.29 is 9.90 Å². The van der Waals surface area contributed by atoms with Gasteiger partial charge in [0.05, 0.1) is 12.0 Å². The summed E-state index contributed by atoms with van der Waals surface area (Å²) in [6, 6.07) is 2.12. The van der Waals surface area contributed by atoms with E-state index in [0.29, 0.717) is 12.3 Å². The van der Waals surface area contributed by atoms with Crippen LogP contribution in [-0.4, -0.2) is 24.2 Å². The van der Waals surface area contributed by atoms with Gasteiger partial charge in [-0.25, -0.2) is 0 Å². The minimum Gasteiger partial charge on any atom is -0.481 e. The molecule has 1 aliphatic carbocycles. The quantitative estimate of drug-likeness (QED) is 0.674. The fraction of sp³-hybridized carbons (Fsp3) is 0.833. The summed E-state index contributed by atoms with van der Waals surface area (Å²) in [5, 5.41) is 20.5. The van der Waals surface area contributed by atoms with Gasteiger partial charge in [-0.05, 0) is 51.1 Å². The van der Waals surface area contributed by atoms with E-state index >= 15 is 0 Å². The van der Waals surface area contributed by atoms with Crippen molar-refractivity contribution in [3.8, 4) is 6.07 Å². The third-order valence-corrected chi connectivity index (χ3v) is 3.27. The molecule has 0 aliphatic heterocycles. The number of rotatable bonds is 6. The minimum absolute atomic E-state index is 0.116. The summed E-state index contributed by atoms with van der Waals surface area (Å²) in [4.78, 5) is 10.7. The molecule has 0 bridgehead atoms. The Morgan fingerprint density at radius 2 is 2.06 bits per heavy atom. The van der Waals surface area contributed by atoms with Crippen LogP contribution in [-0.2, 0) is 4.79 Å². The van der Waals surface area contributed by atoms with Gasteiger partial charge in [0.15, 0.2) is 0 Å². The molecule has 90 valence electrons. The number of hydrogen-bond acceptors (Lipinski definition) is 3. The van der Waals surface area contributed by atoms with Gasteiger partial charge in [0.2, 0.25) is 0 Å². The van der Waals surface area contributed by atoms with Crippen LogP contribution in [0.25, 0.3) is 0 Å². The van der Waals surface area contributed by atoms with Gasteiger partial charge in [-0.15, -0.1) is 0 Å². The highest BCUT2D eigenvalue weighted by Gasteiger charge is 2.25. The highest BCUT2D eigenvalue weighted by atomic mass is 16.4. The van der Waals surface area contributed by atoms with Crippen molar-refractivity contribution in [1.82, 2.24) is 5.32 Å². The molecule has 0 aromatic heterocycles. The number of carbonyl (C=O) groups is 1. The maximum atomic E-state index is 10.7. The summed E-state index contributed by atoms with van der Waals surface area (Å²) in [5.74, 6) is -0.132. The van der Waals surface area contributed by atoms with E-state index in [4.69, 9.17) is 10.4 Å². The number of hydrogen-bond donors (Lipinski definition) is 2. The molecule has 0 radical (unpaired) electrons. The van der Waals surface area contributed by atoms with E-state index < -0.39 is 5.97 Å². The van der Waals surface area contributed by atoms with E-state index in [9.17, 15) is 4.79 Å². The molecular weight excluding hydrogens is 204 g/mol. The van der Waals surface area contributed by atoms with Crippen LogP contribution >= 0.6 is 0 Å². The molecule has 0 aromatic rings. The molecular formula is C12H20N2O2. The first-order valence-corrected chi connectivity index (χ1v) is 6.04. The standard InChI is InChI=1S/C12H20N2O2/c13-7-1-2-8-14-9-10-3-5-11(6-4-10)12(15)16/h10-11,14H,1-6,8-9H2,(H,15,16). The van der Waals surface area contributed by atoms with Crippen LogP contribution in [0.15, 0.2) is 0 Å². The monoisotopic (exact) mass is 224 g/mol. The smallest absolute Gasteiger partial charge is 0.306 e. The topological polar surface area (TPSA) is 73.1 Å². The summed E-state index contributed by atoms with van der Waals surface area (Å²) in [7, 11) is 0. The van der Waals surface area contributed by atoms with Gasteiger partial charge in [-0.3, -0.25) is 4.79 Å². The Labute approximate surface area is 96.6 Å². The lowest BCUT2D eigenvalue weighted by Crippen LogP contribution is -2.29. The van der Waals surface area contributed by atoms with Crippen LogP contribution in [0, 0.1) is 23.2 Å². The van der Waals surface area contributed by atoms with Gasteiger partial charge in [0.1, 0.15) is 0 Å². The molecule has 1 rings (SSSR count). The highest BCUT2D eigenvalue weighted by molar-refractivity contribution is 5.69. The Morgan fingerprint density at radius 3 is 2.62 bits per heavy atom. The summed E-state index contributed by atoms with van der Waals surface area (Å²) < 4.78 is 0. The lowest BCUT2D eigenvalue weighted by molar-refractivity contribution is -0.143. The summed E-state index contributed by atoms with van der Waals surface area (Å²) >= 11 is 0. The van der Waals surface area contributed by atoms with Crippen molar-refractivity contribution in [3.63, 3.8) is 0 Å². The molecule has 1 fully saturated rings. The molecule has 4 heteroatoms. The van der Waals surface area contributed by atoms with Crippen LogP contribution in [0.2, 0.25) is 0 Å². The van der Waals surface area contributed by atoms with E-state index in [1.807, 2.05) is 0 Å². The molecule has 0 aromatic carbocycles. The lowest BCUT2D eigenvalue weighted by atomic mass is 9.82. The number of carboxylic acid groups (broad SMARTS) is 1. The molecule has 1 aliphatic rings. The second-order valence-corrected chi connectivity index (χ2v) is 4.52. The molecule has 0 saturated heterocycles. The molecule has 0 spiro atoms. The molecule has 16 heavy (non-hydrogen) atoms. The van der Waals surface area contributed by atoms with Crippen LogP contribution in [0.3, 0.4) is 0 Å². The third kappa shape index (κ3) is 4.63. The lowest BCUT2D eigenvalue weighted by Gasteiger charge is -2.26. The zero-order valence-corrected chi connectivity index (χ0v) is 9.61. The second kappa shape index (κ2) is 7.24. The van der Waals surface area contributed by atoms with Gasteiger partial charge in [0, 0.05) is 6.42 Å². The average Bonchev–Trinajstić information content (AvgIpc) is 2.29. The van der Waals surface area contributed by atoms with E-state index in [1.165, 1.54) is 0 Å². The van der Waals surface area contributed by atoms with Crippen molar-refractivity contribution in [1.29, 1.82) is 5.26 Å². The molecule has 1 saturated carbocycles. The summed E-state index contributed by atoms with van der Waals surface area (Å²) in [5.41, 5.74) is 0. The largest absolute Gasteiger partial charge is 0.481 e. The number of unbranched alkanes of at least 4 members (excludes halogenated alkanes) is 1. The summed E-state index contributed by atoms with van der Waals surface area (Å²) in [6.07, 6.45) is 5.18. The van der Waals surface area contributed by atoms with Crippen LogP contribution in [0.5, 0.6) is 0 Å². The van der Waals surface area contributed by atoms with Gasteiger partial charge in [-0.2, -0.15) is 5.26 Å². The van der Waals surface area contributed by atoms with Crippen molar-refractivity contribution in [2.24, 2.45) is 11.8 Å². The molecule has 0 atom stereocenters. The number of aliphatic carboxylic acids is 1. The Balaban J connectivity index is 2.04. The molecule has 2 N–H and O–H groups in total. The van der Waals surface area contributed by atoms with Crippen LogP contribution in [0.4, 0.5) is 0 Å². The molecule has 0 heterocycles. The zero-order chi connectivity index (χ0) is 11.8. The average molecular weight is 224 g/mol. The highest BCUT2D eigenvalue weighted by Crippen LogP contribution is 2.28. The summed E-state index contributed by atoms with van der Waals surface area (Å²) in [6.45, 7) is 1.87. The fourth-order valence-corrected chi connectivity index (χ4v) is 2.21. The molecule has 4 nitrogen and oxygen atoms in total. The zero-order valence-electron chi connectivity index (χ0n) is 9.61. The first-order valence-electron chi connectivity index (χ1n) is 6.04. The van der Waals surface area contributed by atoms with Gasteiger partial charge in [0.25, 0.3) is 0 Å². The maximum absolute atomic E-state index is 10.7. The Bertz CT molecular complexity index is 252. The fourth-order valence-electron chi connectivity index (χ4n) is 2.21. The molecule has 0 unspecified atom stereocenters. The maximum Gasteiger partial charge on any atom is 0.306 e. The number of carboxylic acids is 1. The SMILES string of the molecule is N#CCCCNCC1CCC(C(=O)O)CC1. The van der Waals surface area contributed by atoms with Crippen LogP contribution in [0.1, 0.15) is 38.5 Å². The predicted molar refractivity (Wildman–Crippen MR) is 60.8 cm³/mol. The molecule has 0 amide bonds. The Kier molecular flexibility index (Phi) is 5.87. The number of nitrogens with one attached hydrogen (secondary N) is 1. The van der Waals surface area contributed by atoms with Gasteiger partial charge >= 0.3 is 5.97 Å². The first-order chi connectivity index (χ1) is 7.74. The van der Waals surface area contributed by atoms with E-state index in [0.717, 1.165) is 45.2 Å². The van der Waals surface area contributed by atoms with Crippen molar-refractivity contribution >= 4 is 5.97 Å². The normalized spacial score (nSPS) is 24.9. The predicted octanol–water partition coefficient (Wildman–Crippen LogP) is 1.77. The minimum atomic E-state index is -0.638.